The first-order valence-corrected chi connectivity index (χ1v) is 9.85. The number of nitrogen functional groups attached to an aromatic ring is 1. The molecule has 1 aliphatic rings. The molecule has 3 heterocycles. The highest BCUT2D eigenvalue weighted by molar-refractivity contribution is 8.14. The van der Waals surface area contributed by atoms with Gasteiger partial charge in [0.1, 0.15) is 23.8 Å². The number of hydrogen-bond acceptors (Lipinski definition) is 9. The van der Waals surface area contributed by atoms with Gasteiger partial charge in [-0.05, 0) is 25.1 Å². The second-order valence-electron chi connectivity index (χ2n) is 6.50. The Morgan fingerprint density at radius 1 is 1.34 bits per heavy atom. The molecule has 9 nitrogen and oxygen atoms in total. The highest BCUT2D eigenvalue weighted by atomic mass is 32.2. The number of aromatic nitrogens is 5. The molecule has 4 rings (SSSR count). The van der Waals surface area contributed by atoms with E-state index in [-0.39, 0.29) is 12.6 Å². The largest absolute Gasteiger partial charge is 0.377 e. The lowest BCUT2D eigenvalue weighted by Crippen LogP contribution is -2.30. The zero-order valence-corrected chi connectivity index (χ0v) is 16.8. The monoisotopic (exact) mass is 409 g/mol. The van der Waals surface area contributed by atoms with Crippen LogP contribution in [0.15, 0.2) is 29.5 Å². The molecule has 0 amide bonds. The van der Waals surface area contributed by atoms with E-state index < -0.39 is 5.60 Å². The van der Waals surface area contributed by atoms with E-state index in [1.807, 2.05) is 18.2 Å². The normalized spacial score (nSPS) is 15.6. The van der Waals surface area contributed by atoms with Crippen LogP contribution in [0.1, 0.15) is 18.3 Å². The molecule has 10 heteroatoms. The van der Waals surface area contributed by atoms with Crippen LogP contribution < -0.4 is 5.73 Å². The van der Waals surface area contributed by atoms with E-state index in [2.05, 4.69) is 36.8 Å². The minimum absolute atomic E-state index is 0.113. The van der Waals surface area contributed by atoms with Gasteiger partial charge in [0.25, 0.3) is 0 Å². The molecule has 1 aliphatic heterocycles. The summed E-state index contributed by atoms with van der Waals surface area (Å²) in [6.45, 7) is 2.64. The Kier molecular flexibility index (Phi) is 5.19. The number of thioether (sulfide) groups is 1. The Bertz CT molecular complexity index is 1160. The fraction of sp³-hybridized carbons (Fsp3) is 0.316. The van der Waals surface area contributed by atoms with Crippen LogP contribution in [0.5, 0.6) is 0 Å². The number of rotatable bonds is 4. The van der Waals surface area contributed by atoms with Gasteiger partial charge in [0.15, 0.2) is 5.60 Å². The molecule has 0 spiro atoms. The Morgan fingerprint density at radius 3 is 2.93 bits per heavy atom. The summed E-state index contributed by atoms with van der Waals surface area (Å²) in [6, 6.07) is 5.58. The first-order chi connectivity index (χ1) is 14.0. The first kappa shape index (κ1) is 19.3. The van der Waals surface area contributed by atoms with Crippen molar-refractivity contribution in [2.24, 2.45) is 4.99 Å². The van der Waals surface area contributed by atoms with Crippen molar-refractivity contribution in [1.82, 2.24) is 24.5 Å². The number of benzene rings is 1. The molecule has 0 fully saturated rings. The second kappa shape index (κ2) is 7.79. The summed E-state index contributed by atoms with van der Waals surface area (Å²) in [5.41, 5.74) is 6.66. The second-order valence-corrected chi connectivity index (χ2v) is 7.58. The van der Waals surface area contributed by atoms with Gasteiger partial charge in [-0.1, -0.05) is 11.8 Å². The van der Waals surface area contributed by atoms with Crippen molar-refractivity contribution in [3.8, 4) is 17.8 Å². The highest BCUT2D eigenvalue weighted by Crippen LogP contribution is 2.23. The Morgan fingerprint density at radius 2 is 2.21 bits per heavy atom. The molecule has 0 radical (unpaired) electrons. The molecule has 0 aliphatic carbocycles. The number of fused-ring (bicyclic) bond motifs is 1. The summed E-state index contributed by atoms with van der Waals surface area (Å²) in [5, 5.41) is 11.3. The van der Waals surface area contributed by atoms with E-state index in [1.54, 1.807) is 18.6 Å². The number of aliphatic imine (C=N–C) groups is 1. The number of methoxy groups -OCH3 is 1. The lowest BCUT2D eigenvalue weighted by molar-refractivity contribution is 0.176. The number of ether oxygens (including phenoxy) is 1. The molecule has 0 saturated heterocycles. The Balaban J connectivity index is 1.79. The fourth-order valence-corrected chi connectivity index (χ4v) is 3.83. The topological polar surface area (TPSA) is 124 Å². The average molecular weight is 409 g/mol. The van der Waals surface area contributed by atoms with Gasteiger partial charge >= 0.3 is 0 Å². The van der Waals surface area contributed by atoms with Gasteiger partial charge in [0, 0.05) is 25.0 Å². The smallest absolute Gasteiger partial charge is 0.240 e. The maximum absolute atomic E-state index is 10.6. The quantitative estimate of drug-likeness (QED) is 0.616. The van der Waals surface area contributed by atoms with Gasteiger partial charge in [0.05, 0.1) is 11.0 Å². The zero-order chi connectivity index (χ0) is 20.4. The first-order valence-electron chi connectivity index (χ1n) is 8.86. The third-order valence-corrected chi connectivity index (χ3v) is 5.41. The Hall–Kier alpha value is -3.00. The van der Waals surface area contributed by atoms with Crippen LogP contribution in [-0.4, -0.2) is 59.7 Å². The molecule has 29 heavy (non-hydrogen) atoms. The van der Waals surface area contributed by atoms with E-state index in [0.29, 0.717) is 28.9 Å². The molecule has 0 bridgehead atoms. The molecule has 2 aromatic heterocycles. The highest BCUT2D eigenvalue weighted by Gasteiger charge is 2.27. The van der Waals surface area contributed by atoms with Gasteiger partial charge < -0.3 is 15.6 Å². The van der Waals surface area contributed by atoms with Crippen molar-refractivity contribution < 1.29 is 9.84 Å². The summed E-state index contributed by atoms with van der Waals surface area (Å²) >= 11 is 1.53. The van der Waals surface area contributed by atoms with Gasteiger partial charge in [-0.2, -0.15) is 4.98 Å². The van der Waals surface area contributed by atoms with Gasteiger partial charge in [-0.25, -0.2) is 15.0 Å². The lowest BCUT2D eigenvalue weighted by Gasteiger charge is -2.15. The van der Waals surface area contributed by atoms with Crippen molar-refractivity contribution in [3.63, 3.8) is 0 Å². The van der Waals surface area contributed by atoms with Crippen LogP contribution >= 0.6 is 11.8 Å². The SMILES string of the molecule is COCc1nc2ccc(C#C[C@@](C)(O)C3=NCCS3)cc2n1-c1ncnc(N)n1. The molecule has 0 saturated carbocycles. The lowest BCUT2D eigenvalue weighted by atomic mass is 10.1. The summed E-state index contributed by atoms with van der Waals surface area (Å²) in [4.78, 5) is 21.2. The van der Waals surface area contributed by atoms with Crippen LogP contribution in [0.25, 0.3) is 17.0 Å². The molecular weight excluding hydrogens is 390 g/mol. The van der Waals surface area contributed by atoms with E-state index in [4.69, 9.17) is 10.5 Å². The van der Waals surface area contributed by atoms with E-state index in [9.17, 15) is 5.11 Å². The fourth-order valence-electron chi connectivity index (χ4n) is 2.94. The number of nitrogens with two attached hydrogens (primary N) is 1. The van der Waals surface area contributed by atoms with E-state index in [0.717, 1.165) is 16.8 Å². The molecule has 148 valence electrons. The number of hydrogen-bond donors (Lipinski definition) is 2. The van der Waals surface area contributed by atoms with Crippen LogP contribution in [0.4, 0.5) is 5.95 Å². The average Bonchev–Trinajstić information content (AvgIpc) is 3.35. The van der Waals surface area contributed by atoms with Crippen molar-refractivity contribution >= 4 is 33.8 Å². The molecule has 3 aromatic rings. The van der Waals surface area contributed by atoms with Crippen LogP contribution in [0.3, 0.4) is 0 Å². The van der Waals surface area contributed by atoms with Crippen LogP contribution in [-0.2, 0) is 11.3 Å². The summed E-state index contributed by atoms with van der Waals surface area (Å²) < 4.78 is 7.03. The van der Waals surface area contributed by atoms with Gasteiger partial charge in [-0.3, -0.25) is 9.56 Å². The molecular formula is C19H19N7O2S. The maximum atomic E-state index is 10.6. The van der Waals surface area contributed by atoms with Crippen molar-refractivity contribution in [1.29, 1.82) is 0 Å². The summed E-state index contributed by atoms with van der Waals surface area (Å²) in [6.07, 6.45) is 1.35. The number of imidazole rings is 1. The van der Waals surface area contributed by atoms with Gasteiger partial charge in [-0.15, -0.1) is 11.8 Å². The maximum Gasteiger partial charge on any atom is 0.240 e. The Labute approximate surface area is 171 Å². The standard InChI is InChI=1S/C19H19N7O2S/c1-19(27,16-21-7-8-29-16)6-5-12-3-4-13-14(9-12)26(15(24-13)10-28-2)18-23-11-22-17(20)25-18/h3-4,9,11,27H,7-8,10H2,1-2H3,(H2,20,22,23,25)/t19-/m1/s1. The summed E-state index contributed by atoms with van der Waals surface area (Å²) in [5.74, 6) is 7.92. The number of anilines is 1. The minimum atomic E-state index is -1.28. The van der Waals surface area contributed by atoms with E-state index in [1.165, 1.54) is 18.1 Å². The predicted octanol–water partition coefficient (Wildman–Crippen LogP) is 1.19. The molecule has 0 unspecified atom stereocenters. The minimum Gasteiger partial charge on any atom is -0.377 e. The van der Waals surface area contributed by atoms with Gasteiger partial charge in [0.2, 0.25) is 11.9 Å². The number of aliphatic hydroxyl groups is 1. The third-order valence-electron chi connectivity index (χ3n) is 4.23. The van der Waals surface area contributed by atoms with Crippen molar-refractivity contribution in [3.05, 3.63) is 35.9 Å². The van der Waals surface area contributed by atoms with Crippen LogP contribution in [0.2, 0.25) is 0 Å². The number of nitrogens with zero attached hydrogens (tertiary/aromatic N) is 6. The van der Waals surface area contributed by atoms with Crippen LogP contribution in [0, 0.1) is 11.8 Å². The zero-order valence-electron chi connectivity index (χ0n) is 16.0. The predicted molar refractivity (Wildman–Crippen MR) is 112 cm³/mol. The molecule has 1 aromatic carbocycles. The van der Waals surface area contributed by atoms with Crippen molar-refractivity contribution in [2.75, 3.05) is 25.1 Å². The van der Waals surface area contributed by atoms with Crippen molar-refractivity contribution in [2.45, 2.75) is 19.1 Å². The third kappa shape index (κ3) is 3.93. The summed E-state index contributed by atoms with van der Waals surface area (Å²) in [7, 11) is 1.59. The van der Waals surface area contributed by atoms with E-state index >= 15 is 0 Å². The molecule has 3 N–H and O–H groups in total. The molecule has 1 atom stereocenters.